The third-order valence-corrected chi connectivity index (χ3v) is 5.92. The van der Waals surface area contributed by atoms with E-state index in [1.165, 1.54) is 4.31 Å². The maximum absolute atomic E-state index is 12.4. The number of nitrogens with zero attached hydrogens (tertiary/aromatic N) is 1. The van der Waals surface area contributed by atoms with Gasteiger partial charge in [0.2, 0.25) is 10.0 Å². The molecule has 20 heavy (non-hydrogen) atoms. The molecule has 1 aliphatic carbocycles. The monoisotopic (exact) mass is 317 g/mol. The minimum atomic E-state index is -3.45. The smallest absolute Gasteiger partial charge is 0.218 e. The van der Waals surface area contributed by atoms with Gasteiger partial charge >= 0.3 is 0 Å². The van der Waals surface area contributed by atoms with Crippen LogP contribution in [0.4, 0.5) is 0 Å². The Labute approximate surface area is 125 Å². The highest BCUT2D eigenvalue weighted by atomic mass is 35.5. The summed E-state index contributed by atoms with van der Waals surface area (Å²) >= 11 is 5.88. The fourth-order valence-electron chi connectivity index (χ4n) is 2.66. The molecule has 0 saturated heterocycles. The molecule has 0 amide bonds. The van der Waals surface area contributed by atoms with Crippen LogP contribution in [0.5, 0.6) is 0 Å². The van der Waals surface area contributed by atoms with Crippen molar-refractivity contribution in [1.82, 2.24) is 4.31 Å². The Morgan fingerprint density at radius 1 is 1.35 bits per heavy atom. The van der Waals surface area contributed by atoms with Crippen LogP contribution in [0, 0.1) is 0 Å². The molecule has 1 aromatic rings. The van der Waals surface area contributed by atoms with E-state index in [0.717, 1.165) is 12.8 Å². The lowest BCUT2D eigenvalue weighted by Gasteiger charge is -2.34. The van der Waals surface area contributed by atoms with E-state index in [2.05, 4.69) is 0 Å². The van der Waals surface area contributed by atoms with Gasteiger partial charge in [0.05, 0.1) is 17.9 Å². The topological polar surface area (TPSA) is 57.6 Å². The van der Waals surface area contributed by atoms with Crippen molar-refractivity contribution in [2.24, 2.45) is 0 Å². The Balaban J connectivity index is 2.13. The van der Waals surface area contributed by atoms with Gasteiger partial charge in [0.25, 0.3) is 0 Å². The first-order valence-electron chi connectivity index (χ1n) is 6.78. The quantitative estimate of drug-likeness (QED) is 0.927. The van der Waals surface area contributed by atoms with E-state index in [-0.39, 0.29) is 11.8 Å². The van der Waals surface area contributed by atoms with E-state index in [1.807, 2.05) is 0 Å². The van der Waals surface area contributed by atoms with Crippen molar-refractivity contribution in [3.05, 3.63) is 34.9 Å². The summed E-state index contributed by atoms with van der Waals surface area (Å²) in [7, 11) is -1.89. The second kappa shape index (κ2) is 6.43. The van der Waals surface area contributed by atoms with Crippen LogP contribution in [-0.2, 0) is 15.8 Å². The largest absolute Gasteiger partial charge is 0.391 e. The Morgan fingerprint density at radius 3 is 2.70 bits per heavy atom. The summed E-state index contributed by atoms with van der Waals surface area (Å²) in [6, 6.07) is 6.54. The molecule has 4 nitrogen and oxygen atoms in total. The molecule has 0 spiro atoms. The number of rotatable bonds is 4. The van der Waals surface area contributed by atoms with Crippen LogP contribution >= 0.6 is 11.6 Å². The van der Waals surface area contributed by atoms with Crippen LogP contribution in [0.2, 0.25) is 5.02 Å². The molecule has 0 aromatic heterocycles. The summed E-state index contributed by atoms with van der Waals surface area (Å²) in [5.74, 6) is -0.0900. The van der Waals surface area contributed by atoms with E-state index in [0.29, 0.717) is 23.4 Å². The van der Waals surface area contributed by atoms with E-state index < -0.39 is 16.1 Å². The fourth-order valence-corrected chi connectivity index (χ4v) is 4.34. The number of aliphatic hydroxyl groups is 1. The second-order valence-corrected chi connectivity index (χ2v) is 7.79. The average Bonchev–Trinajstić information content (AvgIpc) is 2.38. The molecule has 0 heterocycles. The number of benzene rings is 1. The maximum atomic E-state index is 12.4. The first-order valence-corrected chi connectivity index (χ1v) is 8.77. The standard InChI is InChI=1S/C14H20ClNO3S/c1-16(13-7-2-3-8-14(13)17)20(18,19)10-11-5-4-6-12(15)9-11/h4-6,9,13-14,17H,2-3,7-8,10H2,1H3/t13-,14-/m1/s1. The molecule has 1 saturated carbocycles. The van der Waals surface area contributed by atoms with Crippen LogP contribution in [0.25, 0.3) is 0 Å². The Bertz CT molecular complexity index is 561. The zero-order valence-corrected chi connectivity index (χ0v) is 13.1. The van der Waals surface area contributed by atoms with Gasteiger partial charge in [0.15, 0.2) is 0 Å². The molecular formula is C14H20ClNO3S. The van der Waals surface area contributed by atoms with Gasteiger partial charge in [-0.25, -0.2) is 8.42 Å². The lowest BCUT2D eigenvalue weighted by molar-refractivity contribution is 0.0637. The highest BCUT2D eigenvalue weighted by Gasteiger charge is 2.33. The molecule has 2 atom stereocenters. The molecule has 0 unspecified atom stereocenters. The zero-order chi connectivity index (χ0) is 14.8. The van der Waals surface area contributed by atoms with Gasteiger partial charge in [-0.15, -0.1) is 0 Å². The van der Waals surface area contributed by atoms with Crippen molar-refractivity contribution in [1.29, 1.82) is 0 Å². The fraction of sp³-hybridized carbons (Fsp3) is 0.571. The van der Waals surface area contributed by atoms with Crippen LogP contribution in [0.3, 0.4) is 0 Å². The van der Waals surface area contributed by atoms with Gasteiger partial charge in [0.1, 0.15) is 0 Å². The summed E-state index contributed by atoms with van der Waals surface area (Å²) in [4.78, 5) is 0. The van der Waals surface area contributed by atoms with Crippen molar-refractivity contribution in [2.45, 2.75) is 43.6 Å². The third-order valence-electron chi connectivity index (χ3n) is 3.84. The Kier molecular flexibility index (Phi) is 5.07. The SMILES string of the molecule is CN([C@@H]1CCCC[C@H]1O)S(=O)(=O)Cc1cccc(Cl)c1. The van der Waals surface area contributed by atoms with Crippen molar-refractivity contribution < 1.29 is 13.5 Å². The van der Waals surface area contributed by atoms with Crippen molar-refractivity contribution in [3.8, 4) is 0 Å². The maximum Gasteiger partial charge on any atom is 0.218 e. The van der Waals surface area contributed by atoms with Gasteiger partial charge in [0, 0.05) is 12.1 Å². The number of aliphatic hydroxyl groups excluding tert-OH is 1. The van der Waals surface area contributed by atoms with Gasteiger partial charge in [-0.2, -0.15) is 4.31 Å². The summed E-state index contributed by atoms with van der Waals surface area (Å²) in [6.45, 7) is 0. The summed E-state index contributed by atoms with van der Waals surface area (Å²) < 4.78 is 26.2. The minimum Gasteiger partial charge on any atom is -0.391 e. The lowest BCUT2D eigenvalue weighted by Crippen LogP contribution is -2.46. The summed E-state index contributed by atoms with van der Waals surface area (Å²) in [5.41, 5.74) is 0.662. The number of sulfonamides is 1. The van der Waals surface area contributed by atoms with E-state index in [4.69, 9.17) is 11.6 Å². The molecule has 1 N–H and O–H groups in total. The molecule has 6 heteroatoms. The molecule has 1 aromatic carbocycles. The summed E-state index contributed by atoms with van der Waals surface area (Å²) in [5, 5.41) is 10.5. The number of hydrogen-bond donors (Lipinski definition) is 1. The first kappa shape index (κ1) is 15.8. The molecular weight excluding hydrogens is 298 g/mol. The predicted octanol–water partition coefficient (Wildman–Crippen LogP) is 2.41. The minimum absolute atomic E-state index is 0.0900. The molecule has 112 valence electrons. The van der Waals surface area contributed by atoms with Crippen molar-refractivity contribution in [3.63, 3.8) is 0 Å². The normalized spacial score (nSPS) is 24.0. The van der Waals surface area contributed by atoms with E-state index in [1.54, 1.807) is 31.3 Å². The van der Waals surface area contributed by atoms with Crippen LogP contribution < -0.4 is 0 Å². The number of halogens is 1. The highest BCUT2D eigenvalue weighted by molar-refractivity contribution is 7.88. The number of likely N-dealkylation sites (N-methyl/N-ethyl adjacent to an activating group) is 1. The molecule has 0 aliphatic heterocycles. The van der Waals surface area contributed by atoms with E-state index in [9.17, 15) is 13.5 Å². The first-order chi connectivity index (χ1) is 9.40. The molecule has 1 fully saturated rings. The van der Waals surface area contributed by atoms with Gasteiger partial charge in [-0.3, -0.25) is 0 Å². The third kappa shape index (κ3) is 3.73. The van der Waals surface area contributed by atoms with Crippen molar-refractivity contribution >= 4 is 21.6 Å². The van der Waals surface area contributed by atoms with E-state index >= 15 is 0 Å². The summed E-state index contributed by atoms with van der Waals surface area (Å²) in [6.07, 6.45) is 2.73. The molecule has 1 aliphatic rings. The predicted molar refractivity (Wildman–Crippen MR) is 80.1 cm³/mol. The van der Waals surface area contributed by atoms with Gasteiger partial charge in [-0.05, 0) is 30.5 Å². The van der Waals surface area contributed by atoms with Gasteiger partial charge < -0.3 is 5.11 Å². The van der Waals surface area contributed by atoms with Crippen molar-refractivity contribution in [2.75, 3.05) is 7.05 Å². The molecule has 2 rings (SSSR count). The Morgan fingerprint density at radius 2 is 2.05 bits per heavy atom. The highest BCUT2D eigenvalue weighted by Crippen LogP contribution is 2.25. The van der Waals surface area contributed by atoms with Crippen LogP contribution in [-0.4, -0.2) is 37.0 Å². The zero-order valence-electron chi connectivity index (χ0n) is 11.5. The molecule has 0 bridgehead atoms. The molecule has 0 radical (unpaired) electrons. The van der Waals surface area contributed by atoms with Crippen LogP contribution in [0.15, 0.2) is 24.3 Å². The lowest BCUT2D eigenvalue weighted by atomic mass is 9.93. The van der Waals surface area contributed by atoms with Gasteiger partial charge in [-0.1, -0.05) is 36.6 Å². The number of hydrogen-bond acceptors (Lipinski definition) is 3. The van der Waals surface area contributed by atoms with Crippen LogP contribution in [0.1, 0.15) is 31.2 Å². The average molecular weight is 318 g/mol. The second-order valence-electron chi connectivity index (χ2n) is 5.32. The Hall–Kier alpha value is -0.620.